The number of aryl methyl sites for hydroxylation is 2. The van der Waals surface area contributed by atoms with E-state index >= 15 is 0 Å². The third-order valence-electron chi connectivity index (χ3n) is 4.80. The number of nitrogens with one attached hydrogen (secondary N) is 1. The van der Waals surface area contributed by atoms with E-state index in [1.54, 1.807) is 24.3 Å². The minimum absolute atomic E-state index is 0.0238. The van der Waals surface area contributed by atoms with Gasteiger partial charge in [-0.25, -0.2) is 0 Å². The molecule has 0 radical (unpaired) electrons. The molecule has 0 aliphatic carbocycles. The smallest absolute Gasteiger partial charge is 0.262 e. The first-order valence-corrected chi connectivity index (χ1v) is 9.64. The Kier molecular flexibility index (Phi) is 5.35. The van der Waals surface area contributed by atoms with Crippen molar-refractivity contribution in [1.29, 1.82) is 0 Å². The van der Waals surface area contributed by atoms with Gasteiger partial charge in [0.25, 0.3) is 5.91 Å². The minimum atomic E-state index is -0.353. The fraction of sp³-hybridized carbons (Fsp3) is 0.120. The van der Waals surface area contributed by atoms with Gasteiger partial charge in [0, 0.05) is 11.3 Å². The number of carbonyl (C=O) groups excluding carboxylic acids is 1. The van der Waals surface area contributed by atoms with Crippen molar-refractivity contribution in [3.8, 4) is 17.1 Å². The average molecular weight is 399 g/mol. The van der Waals surface area contributed by atoms with Gasteiger partial charge in [-0.2, -0.15) is 0 Å². The third kappa shape index (κ3) is 3.96. The lowest BCUT2D eigenvalue weighted by Crippen LogP contribution is -2.23. The Bertz CT molecular complexity index is 1280. The Morgan fingerprint density at radius 1 is 0.967 bits per heavy atom. The number of amides is 1. The SMILES string of the molecule is Cc1ccc(NC(=O)COc2c(-c3ccccc3)oc3ccccc3c2=O)c(C)c1. The molecule has 4 rings (SSSR count). The number of carbonyl (C=O) groups is 1. The van der Waals surface area contributed by atoms with Crippen LogP contribution in [0.2, 0.25) is 0 Å². The summed E-state index contributed by atoms with van der Waals surface area (Å²) < 4.78 is 11.7. The molecule has 0 atom stereocenters. The molecule has 3 aromatic carbocycles. The Balaban J connectivity index is 1.65. The van der Waals surface area contributed by atoms with Crippen molar-refractivity contribution in [1.82, 2.24) is 0 Å². The van der Waals surface area contributed by atoms with Crippen molar-refractivity contribution in [2.75, 3.05) is 11.9 Å². The third-order valence-corrected chi connectivity index (χ3v) is 4.80. The van der Waals surface area contributed by atoms with Crippen molar-refractivity contribution in [2.45, 2.75) is 13.8 Å². The highest BCUT2D eigenvalue weighted by Gasteiger charge is 2.18. The molecule has 0 saturated carbocycles. The summed E-state index contributed by atoms with van der Waals surface area (Å²) in [7, 11) is 0. The quantitative estimate of drug-likeness (QED) is 0.507. The molecule has 4 aromatic rings. The molecule has 30 heavy (non-hydrogen) atoms. The van der Waals surface area contributed by atoms with Crippen LogP contribution in [0.25, 0.3) is 22.3 Å². The van der Waals surface area contributed by atoms with E-state index in [1.165, 1.54) is 0 Å². The van der Waals surface area contributed by atoms with E-state index in [2.05, 4.69) is 5.32 Å². The number of hydrogen-bond acceptors (Lipinski definition) is 4. The molecule has 5 nitrogen and oxygen atoms in total. The summed E-state index contributed by atoms with van der Waals surface area (Å²) in [6.45, 7) is 3.61. The second-order valence-corrected chi connectivity index (χ2v) is 7.11. The number of fused-ring (bicyclic) bond motifs is 1. The lowest BCUT2D eigenvalue weighted by atomic mass is 10.1. The van der Waals surface area contributed by atoms with Crippen LogP contribution in [0.1, 0.15) is 11.1 Å². The molecule has 0 fully saturated rings. The monoisotopic (exact) mass is 399 g/mol. The van der Waals surface area contributed by atoms with Crippen LogP contribution in [-0.2, 0) is 4.79 Å². The number of anilines is 1. The summed E-state index contributed by atoms with van der Waals surface area (Å²) in [6, 6.07) is 22.0. The van der Waals surface area contributed by atoms with Gasteiger partial charge in [-0.05, 0) is 37.6 Å². The maximum absolute atomic E-state index is 13.1. The zero-order valence-electron chi connectivity index (χ0n) is 16.8. The molecule has 0 unspecified atom stereocenters. The van der Waals surface area contributed by atoms with Crippen molar-refractivity contribution in [3.63, 3.8) is 0 Å². The number of ether oxygens (including phenoxy) is 1. The predicted octanol–water partition coefficient (Wildman–Crippen LogP) is 5.09. The van der Waals surface area contributed by atoms with E-state index in [-0.39, 0.29) is 23.7 Å². The number of rotatable bonds is 5. The van der Waals surface area contributed by atoms with Crippen LogP contribution in [0.5, 0.6) is 5.75 Å². The molecule has 0 spiro atoms. The molecule has 5 heteroatoms. The lowest BCUT2D eigenvalue weighted by Gasteiger charge is -2.13. The van der Waals surface area contributed by atoms with Crippen LogP contribution in [0.4, 0.5) is 5.69 Å². The molecular formula is C25H21NO4. The molecule has 1 aromatic heterocycles. The van der Waals surface area contributed by atoms with E-state index in [0.29, 0.717) is 28.0 Å². The Morgan fingerprint density at radius 2 is 1.70 bits per heavy atom. The maximum Gasteiger partial charge on any atom is 0.262 e. The fourth-order valence-corrected chi connectivity index (χ4v) is 3.31. The maximum atomic E-state index is 13.1. The first-order valence-electron chi connectivity index (χ1n) is 9.64. The van der Waals surface area contributed by atoms with E-state index in [1.807, 2.05) is 62.4 Å². The summed E-state index contributed by atoms with van der Waals surface area (Å²) in [4.78, 5) is 25.5. The zero-order valence-corrected chi connectivity index (χ0v) is 16.8. The summed E-state index contributed by atoms with van der Waals surface area (Å²) in [5, 5.41) is 3.23. The van der Waals surface area contributed by atoms with Gasteiger partial charge >= 0.3 is 0 Å². The van der Waals surface area contributed by atoms with Crippen molar-refractivity contribution in [3.05, 3.63) is 94.1 Å². The Labute approximate surface area is 173 Å². The van der Waals surface area contributed by atoms with Crippen LogP contribution < -0.4 is 15.5 Å². The van der Waals surface area contributed by atoms with Gasteiger partial charge in [0.1, 0.15) is 5.58 Å². The van der Waals surface area contributed by atoms with Gasteiger partial charge in [0.2, 0.25) is 11.2 Å². The van der Waals surface area contributed by atoms with Gasteiger partial charge in [0.05, 0.1) is 5.39 Å². The highest BCUT2D eigenvalue weighted by molar-refractivity contribution is 5.93. The van der Waals surface area contributed by atoms with Crippen LogP contribution in [0, 0.1) is 13.8 Å². The number of hydrogen-bond donors (Lipinski definition) is 1. The van der Waals surface area contributed by atoms with Crippen LogP contribution in [0.3, 0.4) is 0 Å². The summed E-state index contributed by atoms with van der Waals surface area (Å²) in [5.41, 5.74) is 3.64. The topological polar surface area (TPSA) is 68.5 Å². The number of benzene rings is 3. The largest absolute Gasteiger partial charge is 0.476 e. The van der Waals surface area contributed by atoms with Gasteiger partial charge < -0.3 is 14.5 Å². The second-order valence-electron chi connectivity index (χ2n) is 7.11. The number of para-hydroxylation sites is 1. The van der Waals surface area contributed by atoms with Crippen LogP contribution >= 0.6 is 0 Å². The molecule has 0 saturated heterocycles. The van der Waals surface area contributed by atoms with Gasteiger partial charge in [-0.15, -0.1) is 0 Å². The van der Waals surface area contributed by atoms with Crippen LogP contribution in [0.15, 0.2) is 82.0 Å². The lowest BCUT2D eigenvalue weighted by molar-refractivity contribution is -0.118. The highest BCUT2D eigenvalue weighted by atomic mass is 16.5. The summed E-state index contributed by atoms with van der Waals surface area (Å²) in [6.07, 6.45) is 0. The van der Waals surface area contributed by atoms with E-state index in [9.17, 15) is 9.59 Å². The van der Waals surface area contributed by atoms with E-state index < -0.39 is 0 Å². The minimum Gasteiger partial charge on any atom is -0.476 e. The molecular weight excluding hydrogens is 378 g/mol. The molecule has 0 aliphatic rings. The van der Waals surface area contributed by atoms with Gasteiger partial charge in [-0.1, -0.05) is 60.2 Å². The van der Waals surface area contributed by atoms with Crippen LogP contribution in [-0.4, -0.2) is 12.5 Å². The normalized spacial score (nSPS) is 10.7. The fourth-order valence-electron chi connectivity index (χ4n) is 3.31. The first kappa shape index (κ1) is 19.5. The molecule has 1 amide bonds. The second kappa shape index (κ2) is 8.25. The first-order chi connectivity index (χ1) is 14.5. The Hall–Kier alpha value is -3.86. The molecule has 0 aliphatic heterocycles. The van der Waals surface area contributed by atoms with E-state index in [0.717, 1.165) is 11.1 Å². The molecule has 1 heterocycles. The van der Waals surface area contributed by atoms with Gasteiger partial charge in [0.15, 0.2) is 12.4 Å². The van der Waals surface area contributed by atoms with Crippen molar-refractivity contribution >= 4 is 22.6 Å². The van der Waals surface area contributed by atoms with Crippen molar-refractivity contribution < 1.29 is 13.9 Å². The standard InChI is InChI=1S/C25H21NO4/c1-16-12-13-20(17(2)14-16)26-22(27)15-29-25-23(28)19-10-6-7-11-21(19)30-24(25)18-8-4-3-5-9-18/h3-14H,15H2,1-2H3,(H,26,27). The summed E-state index contributed by atoms with van der Waals surface area (Å²) >= 11 is 0. The summed E-state index contributed by atoms with van der Waals surface area (Å²) in [5.74, 6) is -0.0252. The highest BCUT2D eigenvalue weighted by Crippen LogP contribution is 2.30. The molecule has 1 N–H and O–H groups in total. The Morgan fingerprint density at radius 3 is 2.47 bits per heavy atom. The average Bonchev–Trinajstić information content (AvgIpc) is 2.75. The zero-order chi connectivity index (χ0) is 21.1. The van der Waals surface area contributed by atoms with Gasteiger partial charge in [-0.3, -0.25) is 9.59 Å². The molecule has 150 valence electrons. The van der Waals surface area contributed by atoms with E-state index in [4.69, 9.17) is 9.15 Å². The molecule has 0 bridgehead atoms. The predicted molar refractivity (Wildman–Crippen MR) is 118 cm³/mol. The van der Waals surface area contributed by atoms with Crippen molar-refractivity contribution in [2.24, 2.45) is 0 Å².